The third-order valence-corrected chi connectivity index (χ3v) is 5.25. The lowest BCUT2D eigenvalue weighted by atomic mass is 9.99. The van der Waals surface area contributed by atoms with Gasteiger partial charge in [-0.05, 0) is 32.3 Å². The summed E-state index contributed by atoms with van der Waals surface area (Å²) in [5.74, 6) is 0.789. The number of nitrogens with one attached hydrogen (secondary N) is 1. The van der Waals surface area contributed by atoms with Crippen molar-refractivity contribution in [2.75, 3.05) is 36.4 Å². The molecule has 2 saturated heterocycles. The van der Waals surface area contributed by atoms with E-state index in [0.717, 1.165) is 24.4 Å². The standard InChI is InChI=1S/C19H23F2N7O/c1-11-5-12(2)26-19(25-11)28-9-13-6-14(28)10-27(8-13)18(29)16-17(23-4-3-22-16)24-7-15(20)21/h3-5,13-15H,6-10H2,1-2H3,(H,23,24). The van der Waals surface area contributed by atoms with Gasteiger partial charge in [-0.15, -0.1) is 0 Å². The van der Waals surface area contributed by atoms with Gasteiger partial charge in [-0.25, -0.2) is 28.7 Å². The third-order valence-electron chi connectivity index (χ3n) is 5.25. The SMILES string of the molecule is Cc1cc(C)nc(N2CC3CC2CN(C(=O)c2nccnc2NCC(F)F)C3)n1. The summed E-state index contributed by atoms with van der Waals surface area (Å²) >= 11 is 0. The summed E-state index contributed by atoms with van der Waals surface area (Å²) in [6, 6.07) is 2.05. The van der Waals surface area contributed by atoms with Gasteiger partial charge >= 0.3 is 0 Å². The first-order valence-corrected chi connectivity index (χ1v) is 9.62. The Bertz CT molecular complexity index is 890. The zero-order valence-corrected chi connectivity index (χ0v) is 16.3. The highest BCUT2D eigenvalue weighted by Gasteiger charge is 2.42. The van der Waals surface area contributed by atoms with Crippen LogP contribution in [-0.2, 0) is 0 Å². The molecule has 0 spiro atoms. The number of amides is 1. The molecule has 29 heavy (non-hydrogen) atoms. The maximum atomic E-state index is 13.1. The van der Waals surface area contributed by atoms with E-state index in [-0.39, 0.29) is 23.5 Å². The van der Waals surface area contributed by atoms with E-state index in [9.17, 15) is 13.6 Å². The topological polar surface area (TPSA) is 87.1 Å². The van der Waals surface area contributed by atoms with Crippen molar-refractivity contribution in [3.63, 3.8) is 0 Å². The molecular weight excluding hydrogens is 380 g/mol. The van der Waals surface area contributed by atoms with Crippen LogP contribution in [0.25, 0.3) is 0 Å². The van der Waals surface area contributed by atoms with Crippen LogP contribution in [0.2, 0.25) is 0 Å². The molecule has 8 nitrogen and oxygen atoms in total. The predicted molar refractivity (Wildman–Crippen MR) is 103 cm³/mol. The van der Waals surface area contributed by atoms with Gasteiger partial charge in [0.2, 0.25) is 5.95 Å². The van der Waals surface area contributed by atoms with Crippen molar-refractivity contribution in [3.05, 3.63) is 35.5 Å². The highest BCUT2D eigenvalue weighted by molar-refractivity contribution is 5.96. The number of alkyl halides is 2. The van der Waals surface area contributed by atoms with Gasteiger partial charge in [0.25, 0.3) is 12.3 Å². The van der Waals surface area contributed by atoms with Crippen LogP contribution in [-0.4, -0.2) is 69.4 Å². The minimum atomic E-state index is -2.54. The van der Waals surface area contributed by atoms with Gasteiger partial charge in [-0.3, -0.25) is 4.79 Å². The molecule has 0 saturated carbocycles. The summed E-state index contributed by atoms with van der Waals surface area (Å²) in [7, 11) is 0. The van der Waals surface area contributed by atoms with Crippen LogP contribution >= 0.6 is 0 Å². The zero-order chi connectivity index (χ0) is 20.5. The number of nitrogens with zero attached hydrogens (tertiary/aromatic N) is 6. The van der Waals surface area contributed by atoms with E-state index in [1.165, 1.54) is 12.4 Å². The number of piperidine rings is 1. The smallest absolute Gasteiger partial charge is 0.276 e. The number of carbonyl (C=O) groups excluding carboxylic acids is 1. The first kappa shape index (κ1) is 19.4. The Kier molecular flexibility index (Phi) is 5.25. The fraction of sp³-hybridized carbons (Fsp3) is 0.526. The number of halogens is 2. The van der Waals surface area contributed by atoms with Crippen LogP contribution in [0.5, 0.6) is 0 Å². The summed E-state index contributed by atoms with van der Waals surface area (Å²) in [6.45, 7) is 5.19. The summed E-state index contributed by atoms with van der Waals surface area (Å²) in [5.41, 5.74) is 1.90. The van der Waals surface area contributed by atoms with Gasteiger partial charge in [0.1, 0.15) is 0 Å². The van der Waals surface area contributed by atoms with Gasteiger partial charge in [-0.2, -0.15) is 0 Å². The predicted octanol–water partition coefficient (Wildman–Crippen LogP) is 1.91. The van der Waals surface area contributed by atoms with Gasteiger partial charge in [-0.1, -0.05) is 0 Å². The van der Waals surface area contributed by atoms with Crippen molar-refractivity contribution in [2.45, 2.75) is 32.7 Å². The second-order valence-corrected chi connectivity index (χ2v) is 7.59. The number of aryl methyl sites for hydroxylation is 2. The molecule has 0 radical (unpaired) electrons. The minimum Gasteiger partial charge on any atom is -0.362 e. The van der Waals surface area contributed by atoms with E-state index < -0.39 is 13.0 Å². The minimum absolute atomic E-state index is 0.0728. The Morgan fingerprint density at radius 1 is 1.17 bits per heavy atom. The van der Waals surface area contributed by atoms with E-state index >= 15 is 0 Å². The average molecular weight is 403 g/mol. The van der Waals surface area contributed by atoms with Crippen molar-refractivity contribution in [3.8, 4) is 0 Å². The summed E-state index contributed by atoms with van der Waals surface area (Å²) in [6.07, 6.45) is 1.20. The van der Waals surface area contributed by atoms with Gasteiger partial charge in [0, 0.05) is 49.5 Å². The maximum Gasteiger partial charge on any atom is 0.276 e. The summed E-state index contributed by atoms with van der Waals surface area (Å²) < 4.78 is 25.1. The Labute approximate surface area is 167 Å². The van der Waals surface area contributed by atoms with Crippen LogP contribution in [0.4, 0.5) is 20.5 Å². The molecule has 2 fully saturated rings. The summed E-state index contributed by atoms with van der Waals surface area (Å²) in [4.78, 5) is 34.2. The molecule has 10 heteroatoms. The van der Waals surface area contributed by atoms with E-state index in [1.54, 1.807) is 4.90 Å². The third kappa shape index (κ3) is 4.10. The van der Waals surface area contributed by atoms with Gasteiger partial charge < -0.3 is 15.1 Å². The number of hydrogen-bond donors (Lipinski definition) is 1. The molecule has 2 bridgehead atoms. The molecule has 2 atom stereocenters. The summed E-state index contributed by atoms with van der Waals surface area (Å²) in [5, 5.41) is 2.52. The van der Waals surface area contributed by atoms with Gasteiger partial charge in [0.05, 0.1) is 6.54 Å². The monoisotopic (exact) mass is 403 g/mol. The van der Waals surface area contributed by atoms with E-state index in [1.807, 2.05) is 19.9 Å². The number of carbonyl (C=O) groups is 1. The van der Waals surface area contributed by atoms with E-state index in [0.29, 0.717) is 25.0 Å². The number of anilines is 2. The van der Waals surface area contributed by atoms with Crippen LogP contribution in [0.15, 0.2) is 18.5 Å². The Morgan fingerprint density at radius 2 is 1.90 bits per heavy atom. The number of likely N-dealkylation sites (tertiary alicyclic amines) is 1. The fourth-order valence-electron chi connectivity index (χ4n) is 4.15. The molecule has 154 valence electrons. The number of hydrogen-bond acceptors (Lipinski definition) is 7. The molecule has 2 aromatic rings. The number of fused-ring (bicyclic) bond motifs is 2. The van der Waals surface area contributed by atoms with E-state index in [2.05, 4.69) is 30.2 Å². The lowest BCUT2D eigenvalue weighted by molar-refractivity contribution is 0.0688. The molecule has 2 aromatic heterocycles. The number of rotatable bonds is 5. The average Bonchev–Trinajstić information content (AvgIpc) is 2.99. The van der Waals surface area contributed by atoms with Crippen molar-refractivity contribution in [1.82, 2.24) is 24.8 Å². The molecule has 2 aliphatic heterocycles. The van der Waals surface area contributed by atoms with Crippen molar-refractivity contribution in [1.29, 1.82) is 0 Å². The van der Waals surface area contributed by atoms with Crippen molar-refractivity contribution in [2.24, 2.45) is 5.92 Å². The van der Waals surface area contributed by atoms with Crippen molar-refractivity contribution < 1.29 is 13.6 Å². The Morgan fingerprint density at radius 3 is 2.62 bits per heavy atom. The van der Waals surface area contributed by atoms with Gasteiger partial charge in [0.15, 0.2) is 11.5 Å². The highest BCUT2D eigenvalue weighted by atomic mass is 19.3. The molecule has 2 unspecified atom stereocenters. The molecule has 1 amide bonds. The number of aromatic nitrogens is 4. The molecule has 2 aliphatic rings. The Hall–Kier alpha value is -2.91. The molecule has 0 aromatic carbocycles. The molecule has 0 aliphatic carbocycles. The quantitative estimate of drug-likeness (QED) is 0.816. The largest absolute Gasteiger partial charge is 0.362 e. The molecule has 1 N–H and O–H groups in total. The first-order chi connectivity index (χ1) is 13.9. The second-order valence-electron chi connectivity index (χ2n) is 7.59. The van der Waals surface area contributed by atoms with Crippen LogP contribution in [0.3, 0.4) is 0 Å². The first-order valence-electron chi connectivity index (χ1n) is 9.62. The second kappa shape index (κ2) is 7.84. The zero-order valence-electron chi connectivity index (χ0n) is 16.3. The van der Waals surface area contributed by atoms with Crippen LogP contribution in [0.1, 0.15) is 28.3 Å². The maximum absolute atomic E-state index is 13.1. The fourth-order valence-corrected chi connectivity index (χ4v) is 4.15. The highest BCUT2D eigenvalue weighted by Crippen LogP contribution is 2.33. The normalized spacial score (nSPS) is 21.0. The van der Waals surface area contributed by atoms with E-state index in [4.69, 9.17) is 0 Å². The Balaban J connectivity index is 1.52. The molecular formula is C19H23F2N7O. The van der Waals surface area contributed by atoms with Crippen molar-refractivity contribution >= 4 is 17.7 Å². The van der Waals surface area contributed by atoms with Crippen LogP contribution < -0.4 is 10.2 Å². The van der Waals surface area contributed by atoms with Crippen LogP contribution in [0, 0.1) is 19.8 Å². The lowest BCUT2D eigenvalue weighted by Crippen LogP contribution is -2.46. The lowest BCUT2D eigenvalue weighted by Gasteiger charge is -2.32. The molecule has 4 heterocycles. The molecule has 4 rings (SSSR count).